The number of H-pyrrole nitrogens is 1. The molecule has 3 N–H and O–H groups in total. The molecule has 1 aromatic heterocycles. The van der Waals surface area contributed by atoms with Gasteiger partial charge in [-0.3, -0.25) is 5.10 Å². The Balaban J connectivity index is 2.39. The molecule has 1 rings (SSSR count). The van der Waals surface area contributed by atoms with Crippen LogP contribution in [0.25, 0.3) is 0 Å². The van der Waals surface area contributed by atoms with Gasteiger partial charge < -0.3 is 5.73 Å². The van der Waals surface area contributed by atoms with Gasteiger partial charge in [0.25, 0.3) is 0 Å². The summed E-state index contributed by atoms with van der Waals surface area (Å²) in [6.45, 7) is 3.88. The second-order valence-corrected chi connectivity index (χ2v) is 2.85. The molecular weight excluding hydrogens is 140 g/mol. The van der Waals surface area contributed by atoms with Gasteiger partial charge in [-0.15, -0.1) is 0 Å². The molecule has 4 nitrogen and oxygen atoms in total. The van der Waals surface area contributed by atoms with Crippen molar-refractivity contribution in [2.75, 3.05) is 0 Å². The van der Waals surface area contributed by atoms with E-state index in [1.54, 1.807) is 0 Å². The molecule has 0 spiro atoms. The maximum absolute atomic E-state index is 5.58. The van der Waals surface area contributed by atoms with Crippen molar-refractivity contribution in [2.45, 2.75) is 32.7 Å². The summed E-state index contributed by atoms with van der Waals surface area (Å²) in [7, 11) is 0. The number of aromatic nitrogens is 3. The lowest BCUT2D eigenvalue weighted by Gasteiger charge is -1.99. The van der Waals surface area contributed by atoms with E-state index in [0.29, 0.717) is 0 Å². The highest BCUT2D eigenvalue weighted by atomic mass is 15.2. The van der Waals surface area contributed by atoms with Crippen molar-refractivity contribution in [1.29, 1.82) is 0 Å². The van der Waals surface area contributed by atoms with E-state index in [9.17, 15) is 0 Å². The van der Waals surface area contributed by atoms with Gasteiger partial charge in [0.2, 0.25) is 0 Å². The third-order valence-corrected chi connectivity index (χ3v) is 1.47. The van der Waals surface area contributed by atoms with Gasteiger partial charge in [-0.2, -0.15) is 5.10 Å². The van der Waals surface area contributed by atoms with Gasteiger partial charge in [-0.05, 0) is 20.3 Å². The molecule has 0 saturated heterocycles. The van der Waals surface area contributed by atoms with Crippen molar-refractivity contribution in [3.8, 4) is 0 Å². The Hall–Kier alpha value is -0.900. The summed E-state index contributed by atoms with van der Waals surface area (Å²) in [6, 6.07) is 0.230. The molecule has 0 aliphatic carbocycles. The van der Waals surface area contributed by atoms with Crippen LogP contribution in [0.2, 0.25) is 0 Å². The van der Waals surface area contributed by atoms with Crippen LogP contribution in [0.4, 0.5) is 0 Å². The molecule has 1 atom stereocenters. The van der Waals surface area contributed by atoms with Crippen LogP contribution >= 0.6 is 0 Å². The minimum Gasteiger partial charge on any atom is -0.328 e. The molecule has 1 aromatic rings. The lowest BCUT2D eigenvalue weighted by molar-refractivity contribution is 0.649. The Labute approximate surface area is 66.2 Å². The van der Waals surface area contributed by atoms with E-state index in [0.717, 1.165) is 24.5 Å². The zero-order valence-electron chi connectivity index (χ0n) is 6.96. The minimum absolute atomic E-state index is 0.230. The fourth-order valence-corrected chi connectivity index (χ4v) is 0.858. The molecule has 0 fully saturated rings. The van der Waals surface area contributed by atoms with Crippen LogP contribution in [-0.4, -0.2) is 21.2 Å². The first-order valence-electron chi connectivity index (χ1n) is 3.82. The molecule has 0 bridgehead atoms. The summed E-state index contributed by atoms with van der Waals surface area (Å²) in [5.74, 6) is 1.73. The molecule has 0 aliphatic heterocycles. The highest BCUT2D eigenvalue weighted by Gasteiger charge is 2.00. The Morgan fingerprint density at radius 2 is 2.36 bits per heavy atom. The predicted octanol–water partition coefficient (Wildman–Crippen LogP) is 0.393. The molecule has 0 aromatic carbocycles. The average molecular weight is 154 g/mol. The standard InChI is InChI=1S/C7H14N4/c1-5(8)3-4-7-9-6(2)10-11-7/h5H,3-4,8H2,1-2H3,(H,9,10,11). The molecule has 62 valence electrons. The van der Waals surface area contributed by atoms with Crippen LogP contribution in [0.15, 0.2) is 0 Å². The van der Waals surface area contributed by atoms with Crippen molar-refractivity contribution in [2.24, 2.45) is 5.73 Å². The Bertz CT molecular complexity index is 216. The van der Waals surface area contributed by atoms with Crippen molar-refractivity contribution in [1.82, 2.24) is 15.2 Å². The second kappa shape index (κ2) is 3.48. The molecule has 0 saturated carbocycles. The van der Waals surface area contributed by atoms with Crippen molar-refractivity contribution in [3.05, 3.63) is 11.6 Å². The molecule has 0 aliphatic rings. The topological polar surface area (TPSA) is 67.6 Å². The van der Waals surface area contributed by atoms with Crippen molar-refractivity contribution < 1.29 is 0 Å². The number of nitrogens with two attached hydrogens (primary N) is 1. The SMILES string of the molecule is Cc1nc(CCC(C)N)n[nH]1. The van der Waals surface area contributed by atoms with E-state index in [2.05, 4.69) is 15.2 Å². The third kappa shape index (κ3) is 2.67. The van der Waals surface area contributed by atoms with Gasteiger partial charge in [-0.1, -0.05) is 0 Å². The Morgan fingerprint density at radius 1 is 1.64 bits per heavy atom. The summed E-state index contributed by atoms with van der Waals surface area (Å²) >= 11 is 0. The van der Waals surface area contributed by atoms with Crippen LogP contribution in [-0.2, 0) is 6.42 Å². The molecule has 11 heavy (non-hydrogen) atoms. The number of rotatable bonds is 3. The lowest BCUT2D eigenvalue weighted by atomic mass is 10.2. The van der Waals surface area contributed by atoms with Crippen LogP contribution < -0.4 is 5.73 Å². The monoisotopic (exact) mass is 154 g/mol. The number of aryl methyl sites for hydroxylation is 2. The van der Waals surface area contributed by atoms with Gasteiger partial charge in [-0.25, -0.2) is 4.98 Å². The molecule has 0 radical (unpaired) electrons. The second-order valence-electron chi connectivity index (χ2n) is 2.85. The smallest absolute Gasteiger partial charge is 0.150 e. The summed E-state index contributed by atoms with van der Waals surface area (Å²) in [5.41, 5.74) is 5.58. The summed E-state index contributed by atoms with van der Waals surface area (Å²) < 4.78 is 0. The molecule has 0 amide bonds. The van der Waals surface area contributed by atoms with Crippen LogP contribution in [0.3, 0.4) is 0 Å². The number of aromatic amines is 1. The van der Waals surface area contributed by atoms with E-state index in [1.807, 2.05) is 13.8 Å². The fraction of sp³-hybridized carbons (Fsp3) is 0.714. The number of nitrogens with one attached hydrogen (secondary N) is 1. The van der Waals surface area contributed by atoms with Gasteiger partial charge >= 0.3 is 0 Å². The quantitative estimate of drug-likeness (QED) is 0.662. The van der Waals surface area contributed by atoms with Crippen molar-refractivity contribution >= 4 is 0 Å². The van der Waals surface area contributed by atoms with E-state index in [-0.39, 0.29) is 6.04 Å². The maximum atomic E-state index is 5.58. The zero-order chi connectivity index (χ0) is 8.27. The summed E-state index contributed by atoms with van der Waals surface area (Å²) in [6.07, 6.45) is 1.80. The van der Waals surface area contributed by atoms with Gasteiger partial charge in [0.15, 0.2) is 5.82 Å². The van der Waals surface area contributed by atoms with Crippen LogP contribution in [0.5, 0.6) is 0 Å². The molecule has 1 heterocycles. The highest BCUT2D eigenvalue weighted by molar-refractivity contribution is 4.87. The van der Waals surface area contributed by atoms with Crippen LogP contribution in [0.1, 0.15) is 25.0 Å². The Kier molecular flexibility index (Phi) is 2.59. The summed E-state index contributed by atoms with van der Waals surface area (Å²) in [5, 5.41) is 6.79. The minimum atomic E-state index is 0.230. The number of hydrogen-bond donors (Lipinski definition) is 2. The molecule has 1 unspecified atom stereocenters. The first kappa shape index (κ1) is 8.20. The Morgan fingerprint density at radius 3 is 2.82 bits per heavy atom. The largest absolute Gasteiger partial charge is 0.328 e. The van der Waals surface area contributed by atoms with Crippen molar-refractivity contribution in [3.63, 3.8) is 0 Å². The predicted molar refractivity (Wildman–Crippen MR) is 43.1 cm³/mol. The van der Waals surface area contributed by atoms with E-state index >= 15 is 0 Å². The normalized spacial score (nSPS) is 13.4. The van der Waals surface area contributed by atoms with E-state index < -0.39 is 0 Å². The van der Waals surface area contributed by atoms with E-state index in [1.165, 1.54) is 0 Å². The first-order chi connectivity index (χ1) is 5.18. The first-order valence-corrected chi connectivity index (χ1v) is 3.82. The number of nitrogens with zero attached hydrogens (tertiary/aromatic N) is 2. The zero-order valence-corrected chi connectivity index (χ0v) is 6.96. The highest BCUT2D eigenvalue weighted by Crippen LogP contribution is 1.97. The number of hydrogen-bond acceptors (Lipinski definition) is 3. The van der Waals surface area contributed by atoms with Gasteiger partial charge in [0.05, 0.1) is 0 Å². The molecular formula is C7H14N4. The van der Waals surface area contributed by atoms with Gasteiger partial charge in [0.1, 0.15) is 5.82 Å². The van der Waals surface area contributed by atoms with Gasteiger partial charge in [0, 0.05) is 12.5 Å². The average Bonchev–Trinajstić information content (AvgIpc) is 2.31. The lowest BCUT2D eigenvalue weighted by Crippen LogP contribution is -2.15. The molecule has 4 heteroatoms. The van der Waals surface area contributed by atoms with E-state index in [4.69, 9.17) is 5.73 Å². The summed E-state index contributed by atoms with van der Waals surface area (Å²) in [4.78, 5) is 4.16. The maximum Gasteiger partial charge on any atom is 0.150 e. The third-order valence-electron chi connectivity index (χ3n) is 1.47. The van der Waals surface area contributed by atoms with Crippen LogP contribution in [0, 0.1) is 6.92 Å². The fourth-order valence-electron chi connectivity index (χ4n) is 0.858.